The number of ether oxygens (including phenoxy) is 1. The Morgan fingerprint density at radius 1 is 0.609 bits per heavy atom. The number of rotatable bonds is 9. The van der Waals surface area contributed by atoms with Crippen molar-refractivity contribution >= 4 is 34.3 Å². The van der Waals surface area contributed by atoms with E-state index in [1.54, 1.807) is 0 Å². The zero-order valence-electron chi connectivity index (χ0n) is 28.8. The summed E-state index contributed by atoms with van der Waals surface area (Å²) in [6.45, 7) is 4.32. The fourth-order valence-corrected chi connectivity index (χ4v) is 6.06. The third-order valence-electron chi connectivity index (χ3n) is 8.83. The molecule has 6 heteroatoms. The van der Waals surface area contributed by atoms with E-state index in [0.717, 1.165) is 50.6 Å². The summed E-state index contributed by atoms with van der Waals surface area (Å²) < 4.78 is 6.37. The number of fused-ring (bicyclic) bond motifs is 1. The standard InChI is InChI=1S/C40H46N4O2/c1-27-24-31(42(5)6)17-20-34(27)36(35-21-18-32(43(7)8)25-28(35)2)12-11-23-40(29-13-15-30(16-14-29)41(3)4)38-22-19-33(44(9)10)26-37(38)39(45)46-40/h11-26H,1-10H3. The van der Waals surface area contributed by atoms with Crippen molar-refractivity contribution in [3.63, 3.8) is 0 Å². The number of allylic oxidation sites excluding steroid dienone is 2. The van der Waals surface area contributed by atoms with Crippen molar-refractivity contribution in [2.24, 2.45) is 0 Å². The summed E-state index contributed by atoms with van der Waals surface area (Å²) in [5, 5.41) is 0. The van der Waals surface area contributed by atoms with E-state index >= 15 is 0 Å². The highest BCUT2D eigenvalue weighted by molar-refractivity contribution is 5.97. The minimum atomic E-state index is -1.07. The minimum absolute atomic E-state index is 0.325. The van der Waals surface area contributed by atoms with E-state index < -0.39 is 5.60 Å². The van der Waals surface area contributed by atoms with Crippen LogP contribution in [0.15, 0.2) is 97.1 Å². The lowest BCUT2D eigenvalue weighted by Crippen LogP contribution is -2.25. The first kappa shape index (κ1) is 32.4. The van der Waals surface area contributed by atoms with Gasteiger partial charge in [0.2, 0.25) is 0 Å². The number of carbonyl (C=O) groups is 1. The lowest BCUT2D eigenvalue weighted by Gasteiger charge is -2.27. The number of benzene rings is 4. The second-order valence-corrected chi connectivity index (χ2v) is 12.9. The van der Waals surface area contributed by atoms with Crippen LogP contribution < -0.4 is 19.6 Å². The highest BCUT2D eigenvalue weighted by atomic mass is 16.6. The van der Waals surface area contributed by atoms with Crippen LogP contribution in [-0.4, -0.2) is 62.4 Å². The molecule has 5 rings (SSSR count). The topological polar surface area (TPSA) is 39.3 Å². The maximum absolute atomic E-state index is 13.5. The van der Waals surface area contributed by atoms with Gasteiger partial charge in [0, 0.05) is 90.3 Å². The van der Waals surface area contributed by atoms with E-state index in [1.807, 2.05) is 57.4 Å². The first-order valence-electron chi connectivity index (χ1n) is 15.6. The van der Waals surface area contributed by atoms with Crippen molar-refractivity contribution in [1.82, 2.24) is 0 Å². The van der Waals surface area contributed by atoms with Crippen LogP contribution in [0.5, 0.6) is 0 Å². The van der Waals surface area contributed by atoms with Crippen LogP contribution in [0.1, 0.15) is 43.7 Å². The van der Waals surface area contributed by atoms with Crippen LogP contribution in [0.3, 0.4) is 0 Å². The second kappa shape index (κ2) is 12.8. The molecule has 0 bridgehead atoms. The summed E-state index contributed by atoms with van der Waals surface area (Å²) in [6, 6.07) is 27.4. The molecule has 0 saturated heterocycles. The van der Waals surface area contributed by atoms with Gasteiger partial charge >= 0.3 is 5.97 Å². The molecule has 1 heterocycles. The molecule has 0 amide bonds. The number of hydrogen-bond acceptors (Lipinski definition) is 6. The van der Waals surface area contributed by atoms with Crippen molar-refractivity contribution in [2.45, 2.75) is 19.4 Å². The van der Waals surface area contributed by atoms with Crippen LogP contribution in [0.2, 0.25) is 0 Å². The van der Waals surface area contributed by atoms with Crippen LogP contribution in [0.25, 0.3) is 5.57 Å². The average Bonchev–Trinajstić information content (AvgIpc) is 3.31. The van der Waals surface area contributed by atoms with E-state index in [1.165, 1.54) is 11.1 Å². The number of hydrogen-bond donors (Lipinski definition) is 0. The Bertz CT molecular complexity index is 1760. The first-order chi connectivity index (χ1) is 21.8. The Morgan fingerprint density at radius 3 is 1.54 bits per heavy atom. The third-order valence-corrected chi connectivity index (χ3v) is 8.83. The van der Waals surface area contributed by atoms with E-state index in [-0.39, 0.29) is 5.97 Å². The van der Waals surface area contributed by atoms with Crippen LogP contribution in [0.4, 0.5) is 22.7 Å². The smallest absolute Gasteiger partial charge is 0.340 e. The molecule has 4 aromatic carbocycles. The predicted molar refractivity (Wildman–Crippen MR) is 195 cm³/mol. The molecule has 0 spiro atoms. The molecular formula is C40H46N4O2. The SMILES string of the molecule is Cc1cc(N(C)C)ccc1C(=CC=CC1(c2ccc(N(C)C)cc2)OC(=O)c2cc(N(C)C)ccc21)c1ccc(N(C)C)cc1C. The molecule has 1 aliphatic heterocycles. The molecular weight excluding hydrogens is 568 g/mol. The predicted octanol–water partition coefficient (Wildman–Crippen LogP) is 7.67. The molecule has 0 aromatic heterocycles. The van der Waals surface area contributed by atoms with Gasteiger partial charge in [0.15, 0.2) is 5.60 Å². The molecule has 0 N–H and O–H groups in total. The highest BCUT2D eigenvalue weighted by Crippen LogP contribution is 2.45. The fraction of sp³-hybridized carbons (Fsp3) is 0.275. The number of carbonyl (C=O) groups excluding carboxylic acids is 1. The van der Waals surface area contributed by atoms with E-state index in [2.05, 4.69) is 130 Å². The van der Waals surface area contributed by atoms with E-state index in [4.69, 9.17) is 4.74 Å². The Morgan fingerprint density at radius 2 is 1.07 bits per heavy atom. The number of anilines is 4. The first-order valence-corrected chi connectivity index (χ1v) is 15.6. The molecule has 0 radical (unpaired) electrons. The maximum Gasteiger partial charge on any atom is 0.340 e. The summed E-state index contributed by atoms with van der Waals surface area (Å²) in [7, 11) is 16.2. The number of aryl methyl sites for hydroxylation is 2. The lowest BCUT2D eigenvalue weighted by atomic mass is 9.84. The van der Waals surface area contributed by atoms with Gasteiger partial charge in [0.1, 0.15) is 0 Å². The molecule has 238 valence electrons. The Kier molecular flexibility index (Phi) is 9.02. The Labute approximate surface area is 274 Å². The molecule has 46 heavy (non-hydrogen) atoms. The van der Waals surface area contributed by atoms with Crippen molar-refractivity contribution in [1.29, 1.82) is 0 Å². The summed E-state index contributed by atoms with van der Waals surface area (Å²) >= 11 is 0. The van der Waals surface area contributed by atoms with Gasteiger partial charge < -0.3 is 24.3 Å². The van der Waals surface area contributed by atoms with Crippen molar-refractivity contribution in [3.05, 3.63) is 136 Å². The molecule has 1 aliphatic rings. The highest BCUT2D eigenvalue weighted by Gasteiger charge is 2.45. The summed E-state index contributed by atoms with van der Waals surface area (Å²) in [5.41, 5.74) is 11.4. The van der Waals surface area contributed by atoms with Gasteiger partial charge in [-0.1, -0.05) is 42.5 Å². The molecule has 6 nitrogen and oxygen atoms in total. The van der Waals surface area contributed by atoms with Crippen LogP contribution in [0, 0.1) is 13.8 Å². The Balaban J connectivity index is 1.70. The van der Waals surface area contributed by atoms with Gasteiger partial charge in [-0.25, -0.2) is 4.79 Å². The molecule has 0 aliphatic carbocycles. The van der Waals surface area contributed by atoms with Gasteiger partial charge in [-0.15, -0.1) is 0 Å². The largest absolute Gasteiger partial charge is 0.441 e. The number of esters is 1. The van der Waals surface area contributed by atoms with Gasteiger partial charge in [0.25, 0.3) is 0 Å². The molecule has 0 fully saturated rings. The molecule has 0 saturated carbocycles. The normalized spacial score (nSPS) is 15.4. The lowest BCUT2D eigenvalue weighted by molar-refractivity contribution is 0.0275. The van der Waals surface area contributed by atoms with Crippen LogP contribution in [-0.2, 0) is 10.3 Å². The van der Waals surface area contributed by atoms with Crippen molar-refractivity contribution < 1.29 is 9.53 Å². The quantitative estimate of drug-likeness (QED) is 0.142. The number of cyclic esters (lactones) is 1. The molecule has 1 atom stereocenters. The maximum atomic E-state index is 13.5. The minimum Gasteiger partial charge on any atom is -0.441 e. The van der Waals surface area contributed by atoms with E-state index in [0.29, 0.717) is 5.56 Å². The van der Waals surface area contributed by atoms with Crippen LogP contribution >= 0.6 is 0 Å². The second-order valence-electron chi connectivity index (χ2n) is 12.9. The fourth-order valence-electron chi connectivity index (χ4n) is 6.06. The third kappa shape index (κ3) is 6.12. The van der Waals surface area contributed by atoms with Gasteiger partial charge in [-0.3, -0.25) is 0 Å². The Hall–Kier alpha value is -4.97. The molecule has 4 aromatic rings. The zero-order valence-corrected chi connectivity index (χ0v) is 28.8. The average molecular weight is 615 g/mol. The van der Waals surface area contributed by atoms with Gasteiger partial charge in [0.05, 0.1) is 5.56 Å². The zero-order chi connectivity index (χ0) is 33.3. The summed E-state index contributed by atoms with van der Waals surface area (Å²) in [4.78, 5) is 21.8. The van der Waals surface area contributed by atoms with Crippen molar-refractivity contribution in [2.75, 3.05) is 76.0 Å². The number of nitrogens with zero attached hydrogens (tertiary/aromatic N) is 4. The summed E-state index contributed by atoms with van der Waals surface area (Å²) in [5.74, 6) is -0.325. The van der Waals surface area contributed by atoms with Gasteiger partial charge in [-0.2, -0.15) is 0 Å². The van der Waals surface area contributed by atoms with E-state index in [9.17, 15) is 4.79 Å². The van der Waals surface area contributed by atoms with Crippen molar-refractivity contribution in [3.8, 4) is 0 Å². The van der Waals surface area contributed by atoms with Gasteiger partial charge in [-0.05, 0) is 96.3 Å². The molecule has 1 unspecified atom stereocenters. The monoisotopic (exact) mass is 614 g/mol. The summed E-state index contributed by atoms with van der Waals surface area (Å²) in [6.07, 6.45) is 6.24.